The molecule has 3 heteroatoms. The number of unbranched alkanes of at least 4 members (excludes halogenated alkanes) is 5. The molecule has 0 aliphatic rings. The van der Waals surface area contributed by atoms with Crippen molar-refractivity contribution >= 4 is 37.6 Å². The van der Waals surface area contributed by atoms with Gasteiger partial charge in [0.2, 0.25) is 0 Å². The largest absolute Gasteiger partial charge is 0.255 e. The molecule has 1 aromatic carbocycles. The van der Waals surface area contributed by atoms with E-state index in [-0.39, 0.29) is 0 Å². The van der Waals surface area contributed by atoms with Crippen LogP contribution in [-0.4, -0.2) is 6.00 Å². The average molecular weight is 334 g/mol. The molecule has 0 N–H and O–H groups in total. The summed E-state index contributed by atoms with van der Waals surface area (Å²) >= 11 is 10.4. The Morgan fingerprint density at radius 3 is 2.24 bits per heavy atom. The third kappa shape index (κ3) is 6.07. The minimum atomic E-state index is -1.86. The van der Waals surface area contributed by atoms with E-state index in [0.29, 0.717) is 0 Å². The Kier molecular flexibility index (Phi) is 7.48. The molecule has 0 spiro atoms. The number of rotatable bonds is 8. The highest BCUT2D eigenvalue weighted by atomic mass is 79.9. The smallest absolute Gasteiger partial charge is 0.146 e. The zero-order valence-electron chi connectivity index (χ0n) is 10.6. The predicted octanol–water partition coefficient (Wildman–Crippen LogP) is 5.33. The molecule has 0 amide bonds. The molecule has 0 heterocycles. The second-order valence-corrected chi connectivity index (χ2v) is 14.4. The minimum Gasteiger partial charge on any atom is -0.146 e. The Bertz CT molecular complexity index is 300. The van der Waals surface area contributed by atoms with E-state index in [1.807, 2.05) is 6.07 Å². The number of halogens is 2. The molecule has 0 saturated carbocycles. The van der Waals surface area contributed by atoms with Crippen molar-refractivity contribution in [3.8, 4) is 0 Å². The van der Waals surface area contributed by atoms with Crippen LogP contribution in [0.5, 0.6) is 0 Å². The molecule has 0 aromatic heterocycles. The van der Waals surface area contributed by atoms with Gasteiger partial charge in [-0.05, 0) is 11.2 Å². The average Bonchev–Trinajstić information content (AvgIpc) is 2.35. The van der Waals surface area contributed by atoms with Gasteiger partial charge in [-0.3, -0.25) is 0 Å². The molecule has 0 nitrogen and oxygen atoms in total. The SMILES string of the molecule is CCCCCCCC[Si](Cl)(Br)c1ccccc1. The lowest BCUT2D eigenvalue weighted by Gasteiger charge is -2.17. The fraction of sp³-hybridized carbons (Fsp3) is 0.571. The van der Waals surface area contributed by atoms with E-state index < -0.39 is 6.00 Å². The summed E-state index contributed by atoms with van der Waals surface area (Å²) in [5, 5.41) is 1.30. The molecular weight excluding hydrogens is 312 g/mol. The third-order valence-corrected chi connectivity index (χ3v) is 8.98. The molecular formula is C14H22BrClSi. The Hall–Kier alpha value is 0.207. The summed E-state index contributed by atoms with van der Waals surface area (Å²) in [4.78, 5) is 0. The quantitative estimate of drug-likeness (QED) is 0.342. The molecule has 0 aliphatic heterocycles. The third-order valence-electron chi connectivity index (χ3n) is 3.04. The highest BCUT2D eigenvalue weighted by molar-refractivity contribution is 9.28. The van der Waals surface area contributed by atoms with Crippen molar-refractivity contribution in [2.45, 2.75) is 51.5 Å². The second-order valence-electron chi connectivity index (χ2n) is 4.59. The Balaban J connectivity index is 2.26. The fourth-order valence-corrected chi connectivity index (χ4v) is 6.03. The first-order chi connectivity index (χ1) is 8.17. The Morgan fingerprint density at radius 1 is 1.00 bits per heavy atom. The second kappa shape index (κ2) is 8.33. The van der Waals surface area contributed by atoms with Gasteiger partial charge in [-0.25, -0.2) is 0 Å². The lowest BCUT2D eigenvalue weighted by molar-refractivity contribution is 0.624. The van der Waals surface area contributed by atoms with Gasteiger partial charge in [0.25, 0.3) is 6.00 Å². The van der Waals surface area contributed by atoms with E-state index >= 15 is 0 Å². The molecule has 17 heavy (non-hydrogen) atoms. The molecule has 0 radical (unpaired) electrons. The summed E-state index contributed by atoms with van der Waals surface area (Å²) in [5.41, 5.74) is 0. The van der Waals surface area contributed by atoms with Crippen molar-refractivity contribution in [1.29, 1.82) is 0 Å². The van der Waals surface area contributed by atoms with Gasteiger partial charge in [-0.15, -0.1) is 11.1 Å². The van der Waals surface area contributed by atoms with Crippen molar-refractivity contribution in [2.75, 3.05) is 0 Å². The zero-order chi connectivity index (χ0) is 12.6. The monoisotopic (exact) mass is 332 g/mol. The molecule has 0 aliphatic carbocycles. The number of benzene rings is 1. The first kappa shape index (κ1) is 15.3. The van der Waals surface area contributed by atoms with Gasteiger partial charge in [0, 0.05) is 0 Å². The van der Waals surface area contributed by atoms with E-state index in [4.69, 9.17) is 11.1 Å². The van der Waals surface area contributed by atoms with Crippen molar-refractivity contribution in [2.24, 2.45) is 0 Å². The maximum atomic E-state index is 6.66. The standard InChI is InChI=1S/C14H22BrClSi/c1-2-3-4-5-6-10-13-17(15,16)14-11-8-7-9-12-14/h7-9,11-12H,2-6,10,13H2,1H3. The first-order valence-electron chi connectivity index (χ1n) is 6.60. The van der Waals surface area contributed by atoms with Gasteiger partial charge in [0.15, 0.2) is 0 Å². The van der Waals surface area contributed by atoms with Gasteiger partial charge in [-0.2, -0.15) is 0 Å². The van der Waals surface area contributed by atoms with Crippen LogP contribution in [0.25, 0.3) is 0 Å². The van der Waals surface area contributed by atoms with Gasteiger partial charge in [0.1, 0.15) is 0 Å². The zero-order valence-corrected chi connectivity index (χ0v) is 13.9. The topological polar surface area (TPSA) is 0 Å². The summed E-state index contributed by atoms with van der Waals surface area (Å²) in [7, 11) is 0. The molecule has 1 unspecified atom stereocenters. The summed E-state index contributed by atoms with van der Waals surface area (Å²) in [5.74, 6) is 0. The lowest BCUT2D eigenvalue weighted by atomic mass is 10.1. The van der Waals surface area contributed by atoms with Crippen LogP contribution < -0.4 is 5.19 Å². The predicted molar refractivity (Wildman–Crippen MR) is 84.8 cm³/mol. The fourth-order valence-electron chi connectivity index (χ4n) is 1.95. The maximum absolute atomic E-state index is 6.66. The Labute approximate surface area is 119 Å². The van der Waals surface area contributed by atoms with E-state index in [1.54, 1.807) is 0 Å². The van der Waals surface area contributed by atoms with Crippen LogP contribution in [0.2, 0.25) is 6.04 Å². The van der Waals surface area contributed by atoms with Gasteiger partial charge in [0.05, 0.1) is 0 Å². The first-order valence-corrected chi connectivity index (χ1v) is 12.1. The summed E-state index contributed by atoms with van der Waals surface area (Å²) in [6.45, 7) is 2.25. The van der Waals surface area contributed by atoms with Gasteiger partial charge < -0.3 is 0 Å². The normalized spacial score (nSPS) is 14.5. The summed E-state index contributed by atoms with van der Waals surface area (Å²) in [6, 6.07) is 9.74. The van der Waals surface area contributed by atoms with Crippen molar-refractivity contribution < 1.29 is 0 Å². The van der Waals surface area contributed by atoms with Gasteiger partial charge in [-0.1, -0.05) is 91.1 Å². The summed E-state index contributed by atoms with van der Waals surface area (Å²) in [6.07, 6.45) is 7.99. The van der Waals surface area contributed by atoms with Crippen LogP contribution in [0.1, 0.15) is 45.4 Å². The molecule has 1 aromatic rings. The summed E-state index contributed by atoms with van der Waals surface area (Å²) < 4.78 is 0. The van der Waals surface area contributed by atoms with Crippen LogP contribution >= 0.6 is 26.4 Å². The highest BCUT2D eigenvalue weighted by Gasteiger charge is 2.28. The highest BCUT2D eigenvalue weighted by Crippen LogP contribution is 2.25. The number of hydrogen-bond acceptors (Lipinski definition) is 0. The molecule has 1 rings (SSSR count). The lowest BCUT2D eigenvalue weighted by Crippen LogP contribution is -2.35. The van der Waals surface area contributed by atoms with Crippen LogP contribution in [-0.2, 0) is 0 Å². The van der Waals surface area contributed by atoms with E-state index in [0.717, 1.165) is 6.04 Å². The van der Waals surface area contributed by atoms with Crippen LogP contribution in [0.3, 0.4) is 0 Å². The van der Waals surface area contributed by atoms with Crippen molar-refractivity contribution in [3.63, 3.8) is 0 Å². The van der Waals surface area contributed by atoms with Crippen LogP contribution in [0.4, 0.5) is 0 Å². The van der Waals surface area contributed by atoms with Crippen molar-refractivity contribution in [3.05, 3.63) is 30.3 Å². The van der Waals surface area contributed by atoms with Crippen molar-refractivity contribution in [1.82, 2.24) is 0 Å². The maximum Gasteiger partial charge on any atom is 0.255 e. The van der Waals surface area contributed by atoms with Gasteiger partial charge >= 0.3 is 0 Å². The molecule has 1 atom stereocenters. The Morgan fingerprint density at radius 2 is 1.59 bits per heavy atom. The molecule has 96 valence electrons. The minimum absolute atomic E-state index is 1.13. The van der Waals surface area contributed by atoms with E-state index in [2.05, 4.69) is 46.5 Å². The van der Waals surface area contributed by atoms with Crippen LogP contribution in [0.15, 0.2) is 30.3 Å². The van der Waals surface area contributed by atoms with E-state index in [9.17, 15) is 0 Å². The molecule has 0 fully saturated rings. The molecule has 0 saturated heterocycles. The number of hydrogen-bond donors (Lipinski definition) is 0. The van der Waals surface area contributed by atoms with Crippen LogP contribution in [0, 0.1) is 0 Å². The van der Waals surface area contributed by atoms with E-state index in [1.165, 1.54) is 43.7 Å². The molecule has 0 bridgehead atoms.